The summed E-state index contributed by atoms with van der Waals surface area (Å²) in [5.74, 6) is -0.208. The van der Waals surface area contributed by atoms with Crippen LogP contribution in [0, 0.1) is 12.3 Å². The van der Waals surface area contributed by atoms with Crippen LogP contribution in [0.2, 0.25) is 0 Å². The van der Waals surface area contributed by atoms with Gasteiger partial charge in [-0.25, -0.2) is 4.68 Å². The van der Waals surface area contributed by atoms with E-state index >= 15 is 0 Å². The summed E-state index contributed by atoms with van der Waals surface area (Å²) in [6, 6.07) is 7.85. The number of hydrogen-bond donors (Lipinski definition) is 1. The molecule has 1 N–H and O–H groups in total. The van der Waals surface area contributed by atoms with E-state index in [-0.39, 0.29) is 6.54 Å². The minimum absolute atomic E-state index is 0.269. The number of tetrazole rings is 1. The summed E-state index contributed by atoms with van der Waals surface area (Å²) in [6.45, 7) is 6.04. The van der Waals surface area contributed by atoms with Gasteiger partial charge < -0.3 is 5.11 Å². The maximum absolute atomic E-state index is 11.6. The first kappa shape index (κ1) is 15.2. The molecular weight excluding hydrogens is 268 g/mol. The maximum atomic E-state index is 11.6. The molecule has 112 valence electrons. The van der Waals surface area contributed by atoms with Crippen LogP contribution in [0.3, 0.4) is 0 Å². The fraction of sp³-hybridized carbons (Fsp3) is 0.467. The largest absolute Gasteiger partial charge is 0.481 e. The number of nitrogens with zero attached hydrogens (tertiary/aromatic N) is 4. The van der Waals surface area contributed by atoms with Gasteiger partial charge in [-0.3, -0.25) is 4.79 Å². The molecule has 2 rings (SSSR count). The zero-order chi connectivity index (χ0) is 15.5. The van der Waals surface area contributed by atoms with Gasteiger partial charge in [-0.15, -0.1) is 5.10 Å². The molecule has 1 aromatic carbocycles. The third kappa shape index (κ3) is 2.94. The predicted molar refractivity (Wildman–Crippen MR) is 78.6 cm³/mol. The Labute approximate surface area is 123 Å². The lowest BCUT2D eigenvalue weighted by atomic mass is 9.82. The summed E-state index contributed by atoms with van der Waals surface area (Å²) < 4.78 is 1.59. The van der Waals surface area contributed by atoms with Gasteiger partial charge in [0.25, 0.3) is 0 Å². The summed E-state index contributed by atoms with van der Waals surface area (Å²) in [5, 5.41) is 21.2. The monoisotopic (exact) mass is 288 g/mol. The van der Waals surface area contributed by atoms with Gasteiger partial charge in [-0.1, -0.05) is 43.7 Å². The molecule has 0 bridgehead atoms. The molecule has 0 aliphatic heterocycles. The number of carboxylic acid groups (broad SMARTS) is 1. The Hall–Kier alpha value is -2.24. The van der Waals surface area contributed by atoms with E-state index in [0.717, 1.165) is 11.1 Å². The van der Waals surface area contributed by atoms with Crippen molar-refractivity contribution in [2.45, 2.75) is 40.2 Å². The average molecular weight is 288 g/mol. The standard InChI is InChI=1S/C15H20N4O2/c1-4-15(5-2,14(20)21)10-19-13(16-17-18-19)12-8-6-11(3)7-9-12/h6-9H,4-5,10H2,1-3H3,(H,20,21). The van der Waals surface area contributed by atoms with Gasteiger partial charge in [0.1, 0.15) is 0 Å². The van der Waals surface area contributed by atoms with E-state index in [1.165, 1.54) is 0 Å². The number of aryl methyl sites for hydroxylation is 1. The maximum Gasteiger partial charge on any atom is 0.311 e. The van der Waals surface area contributed by atoms with Crippen molar-refractivity contribution in [1.82, 2.24) is 20.2 Å². The van der Waals surface area contributed by atoms with Crippen LogP contribution < -0.4 is 0 Å². The van der Waals surface area contributed by atoms with Gasteiger partial charge in [0, 0.05) is 5.56 Å². The predicted octanol–water partition coefficient (Wildman–Crippen LogP) is 2.54. The van der Waals surface area contributed by atoms with Crippen molar-refractivity contribution in [2.24, 2.45) is 5.41 Å². The van der Waals surface area contributed by atoms with Crippen LogP contribution in [0.5, 0.6) is 0 Å². The molecular formula is C15H20N4O2. The number of benzene rings is 1. The van der Waals surface area contributed by atoms with Crippen LogP contribution in [0.1, 0.15) is 32.3 Å². The number of carboxylic acids is 1. The lowest BCUT2D eigenvalue weighted by molar-refractivity contribution is -0.150. The number of aromatic nitrogens is 4. The molecule has 0 atom stereocenters. The molecule has 0 radical (unpaired) electrons. The highest BCUT2D eigenvalue weighted by Crippen LogP contribution is 2.30. The smallest absolute Gasteiger partial charge is 0.311 e. The topological polar surface area (TPSA) is 80.9 Å². The normalized spacial score (nSPS) is 11.6. The van der Waals surface area contributed by atoms with Gasteiger partial charge in [0.2, 0.25) is 0 Å². The van der Waals surface area contributed by atoms with E-state index in [2.05, 4.69) is 15.5 Å². The van der Waals surface area contributed by atoms with Crippen LogP contribution in [0.4, 0.5) is 0 Å². The van der Waals surface area contributed by atoms with Crippen molar-refractivity contribution in [2.75, 3.05) is 0 Å². The van der Waals surface area contributed by atoms with Gasteiger partial charge in [-0.05, 0) is 30.2 Å². The molecule has 0 aliphatic carbocycles. The molecule has 6 nitrogen and oxygen atoms in total. The molecule has 6 heteroatoms. The Morgan fingerprint density at radius 1 is 1.24 bits per heavy atom. The summed E-state index contributed by atoms with van der Waals surface area (Å²) in [7, 11) is 0. The average Bonchev–Trinajstić information content (AvgIpc) is 2.93. The fourth-order valence-corrected chi connectivity index (χ4v) is 2.35. The summed E-state index contributed by atoms with van der Waals surface area (Å²) in [6.07, 6.45) is 1.07. The van der Waals surface area contributed by atoms with Crippen molar-refractivity contribution < 1.29 is 9.90 Å². The van der Waals surface area contributed by atoms with Crippen LogP contribution in [-0.2, 0) is 11.3 Å². The van der Waals surface area contributed by atoms with Crippen molar-refractivity contribution >= 4 is 5.97 Å². The summed E-state index contributed by atoms with van der Waals surface area (Å²) in [4.78, 5) is 11.6. The fourth-order valence-electron chi connectivity index (χ4n) is 2.35. The number of hydrogen-bond acceptors (Lipinski definition) is 4. The summed E-state index contributed by atoms with van der Waals surface area (Å²) in [5.41, 5.74) is 1.20. The molecule has 0 amide bonds. The first-order valence-corrected chi connectivity index (χ1v) is 7.09. The lowest BCUT2D eigenvalue weighted by Crippen LogP contribution is -2.35. The Morgan fingerprint density at radius 2 is 1.86 bits per heavy atom. The number of aliphatic carboxylic acids is 1. The first-order chi connectivity index (χ1) is 10.0. The Balaban J connectivity index is 2.36. The molecule has 0 fully saturated rings. The third-order valence-corrected chi connectivity index (χ3v) is 4.10. The van der Waals surface area contributed by atoms with Crippen molar-refractivity contribution in [1.29, 1.82) is 0 Å². The molecule has 0 unspecified atom stereocenters. The van der Waals surface area contributed by atoms with Crippen LogP contribution in [0.15, 0.2) is 24.3 Å². The molecule has 0 saturated carbocycles. The molecule has 1 heterocycles. The molecule has 0 aliphatic rings. The minimum Gasteiger partial charge on any atom is -0.481 e. The molecule has 1 aromatic heterocycles. The van der Waals surface area contributed by atoms with Crippen molar-refractivity contribution in [3.05, 3.63) is 29.8 Å². The third-order valence-electron chi connectivity index (χ3n) is 4.10. The minimum atomic E-state index is -0.838. The van der Waals surface area contributed by atoms with Gasteiger partial charge in [0.05, 0.1) is 12.0 Å². The second kappa shape index (κ2) is 6.03. The summed E-state index contributed by atoms with van der Waals surface area (Å²) >= 11 is 0. The van der Waals surface area contributed by atoms with E-state index in [0.29, 0.717) is 18.7 Å². The quantitative estimate of drug-likeness (QED) is 0.883. The second-order valence-corrected chi connectivity index (χ2v) is 5.32. The zero-order valence-corrected chi connectivity index (χ0v) is 12.6. The molecule has 2 aromatic rings. The van der Waals surface area contributed by atoms with Gasteiger partial charge in [0.15, 0.2) is 5.82 Å². The number of carbonyl (C=O) groups is 1. The van der Waals surface area contributed by atoms with Crippen LogP contribution in [0.25, 0.3) is 11.4 Å². The van der Waals surface area contributed by atoms with E-state index in [1.54, 1.807) is 4.68 Å². The molecule has 0 saturated heterocycles. The van der Waals surface area contributed by atoms with Gasteiger partial charge >= 0.3 is 5.97 Å². The Kier molecular flexibility index (Phi) is 4.35. The van der Waals surface area contributed by atoms with Crippen LogP contribution >= 0.6 is 0 Å². The van der Waals surface area contributed by atoms with Gasteiger partial charge in [-0.2, -0.15) is 0 Å². The first-order valence-electron chi connectivity index (χ1n) is 7.09. The zero-order valence-electron chi connectivity index (χ0n) is 12.6. The van der Waals surface area contributed by atoms with E-state index in [1.807, 2.05) is 45.0 Å². The molecule has 0 spiro atoms. The SMILES string of the molecule is CCC(CC)(Cn1nnnc1-c1ccc(C)cc1)C(=O)O. The highest BCUT2D eigenvalue weighted by Gasteiger charge is 2.36. The second-order valence-electron chi connectivity index (χ2n) is 5.32. The van der Waals surface area contributed by atoms with E-state index < -0.39 is 11.4 Å². The Morgan fingerprint density at radius 3 is 2.38 bits per heavy atom. The Bertz CT molecular complexity index is 615. The van der Waals surface area contributed by atoms with E-state index in [9.17, 15) is 9.90 Å². The highest BCUT2D eigenvalue weighted by molar-refractivity contribution is 5.74. The van der Waals surface area contributed by atoms with Crippen LogP contribution in [-0.4, -0.2) is 31.3 Å². The van der Waals surface area contributed by atoms with Crippen molar-refractivity contribution in [3.8, 4) is 11.4 Å². The number of rotatable bonds is 6. The lowest BCUT2D eigenvalue weighted by Gasteiger charge is -2.26. The van der Waals surface area contributed by atoms with E-state index in [4.69, 9.17) is 0 Å². The van der Waals surface area contributed by atoms with Crippen molar-refractivity contribution in [3.63, 3.8) is 0 Å². The highest BCUT2D eigenvalue weighted by atomic mass is 16.4. The molecule has 21 heavy (non-hydrogen) atoms.